The Kier molecular flexibility index (Phi) is 8.76. The number of aromatic nitrogens is 1. The molecule has 4 amide bonds. The first kappa shape index (κ1) is 24.6. The number of carbonyl (C=O) groups excluding carboxylic acids is 4. The normalized spacial score (nSPS) is 20.2. The van der Waals surface area contributed by atoms with Gasteiger partial charge in [-0.3, -0.25) is 24.2 Å². The maximum absolute atomic E-state index is 13.3. The highest BCUT2D eigenvalue weighted by molar-refractivity contribution is 5.96. The predicted molar refractivity (Wildman–Crippen MR) is 120 cm³/mol. The second-order valence-electron chi connectivity index (χ2n) is 8.73. The van der Waals surface area contributed by atoms with E-state index in [9.17, 15) is 19.2 Å². The molecule has 2 atom stereocenters. The third-order valence-electron chi connectivity index (χ3n) is 6.42. The van der Waals surface area contributed by atoms with Gasteiger partial charge in [0.05, 0.1) is 12.1 Å². The van der Waals surface area contributed by atoms with E-state index in [2.05, 4.69) is 10.3 Å². The van der Waals surface area contributed by atoms with Crippen LogP contribution in [0.15, 0.2) is 24.5 Å². The van der Waals surface area contributed by atoms with Crippen LogP contribution in [0.1, 0.15) is 48.9 Å². The van der Waals surface area contributed by atoms with E-state index >= 15 is 0 Å². The Hall–Kier alpha value is -3.01. The molecule has 10 heteroatoms. The summed E-state index contributed by atoms with van der Waals surface area (Å²) in [6.07, 6.45) is 8.94. The largest absolute Gasteiger partial charge is 0.375 e. The summed E-state index contributed by atoms with van der Waals surface area (Å²) in [6, 6.07) is 1.55. The van der Waals surface area contributed by atoms with Gasteiger partial charge in [-0.2, -0.15) is 0 Å². The summed E-state index contributed by atoms with van der Waals surface area (Å²) < 4.78 is 4.96. The van der Waals surface area contributed by atoms with E-state index in [-0.39, 0.29) is 38.1 Å². The number of hydrogen-bond acceptors (Lipinski definition) is 6. The Morgan fingerprint density at radius 3 is 2.61 bits per heavy atom. The maximum atomic E-state index is 13.3. The second kappa shape index (κ2) is 11.7. The third kappa shape index (κ3) is 6.50. The maximum Gasteiger partial charge on any atom is 0.255 e. The van der Waals surface area contributed by atoms with Crippen molar-refractivity contribution in [3.63, 3.8) is 0 Å². The monoisotopic (exact) mass is 459 g/mol. The average Bonchev–Trinajstić information content (AvgIpc) is 2.84. The van der Waals surface area contributed by atoms with E-state index in [1.165, 1.54) is 29.5 Å². The van der Waals surface area contributed by atoms with Crippen molar-refractivity contribution in [3.05, 3.63) is 30.1 Å². The van der Waals surface area contributed by atoms with Crippen molar-refractivity contribution in [1.82, 2.24) is 20.1 Å². The number of piperazine rings is 1. The van der Waals surface area contributed by atoms with Crippen molar-refractivity contribution in [2.75, 3.05) is 33.4 Å². The SMILES string of the molecule is COCC(=O)N1CCN(C(=O)c2cccnc2)CC1C(=O)NC(CC1CCCCC1)C(N)=O. The Morgan fingerprint density at radius 2 is 1.97 bits per heavy atom. The zero-order valence-electron chi connectivity index (χ0n) is 19.1. The van der Waals surface area contributed by atoms with E-state index in [0.717, 1.165) is 25.7 Å². The average molecular weight is 460 g/mol. The van der Waals surface area contributed by atoms with Gasteiger partial charge in [0.25, 0.3) is 5.91 Å². The van der Waals surface area contributed by atoms with Crippen LogP contribution in [0, 0.1) is 5.92 Å². The molecule has 180 valence electrons. The van der Waals surface area contributed by atoms with Gasteiger partial charge in [-0.15, -0.1) is 0 Å². The molecule has 3 rings (SSSR count). The summed E-state index contributed by atoms with van der Waals surface area (Å²) in [5.74, 6) is -1.38. The molecule has 0 radical (unpaired) electrons. The van der Waals surface area contributed by atoms with Crippen LogP contribution in [-0.2, 0) is 19.1 Å². The molecule has 0 bridgehead atoms. The van der Waals surface area contributed by atoms with Crippen LogP contribution in [0.4, 0.5) is 0 Å². The summed E-state index contributed by atoms with van der Waals surface area (Å²) in [6.45, 7) is 0.274. The first-order chi connectivity index (χ1) is 15.9. The number of pyridine rings is 1. The van der Waals surface area contributed by atoms with Gasteiger partial charge in [-0.25, -0.2) is 0 Å². The van der Waals surface area contributed by atoms with Crippen LogP contribution in [0.25, 0.3) is 0 Å². The molecule has 3 N–H and O–H groups in total. The minimum Gasteiger partial charge on any atom is -0.375 e. The molecule has 2 aliphatic rings. The fourth-order valence-corrected chi connectivity index (χ4v) is 4.64. The summed E-state index contributed by atoms with van der Waals surface area (Å²) in [5, 5.41) is 2.76. The summed E-state index contributed by atoms with van der Waals surface area (Å²) in [4.78, 5) is 57.8. The molecule has 1 saturated heterocycles. The highest BCUT2D eigenvalue weighted by atomic mass is 16.5. The van der Waals surface area contributed by atoms with Crippen molar-refractivity contribution < 1.29 is 23.9 Å². The lowest BCUT2D eigenvalue weighted by molar-refractivity contribution is -0.146. The Labute approximate surface area is 193 Å². The van der Waals surface area contributed by atoms with Crippen molar-refractivity contribution in [2.45, 2.75) is 50.6 Å². The topological polar surface area (TPSA) is 135 Å². The van der Waals surface area contributed by atoms with Gasteiger partial charge in [-0.05, 0) is 24.5 Å². The van der Waals surface area contributed by atoms with Crippen molar-refractivity contribution in [2.24, 2.45) is 11.7 Å². The Bertz CT molecular complexity index is 843. The molecule has 2 fully saturated rings. The first-order valence-corrected chi connectivity index (χ1v) is 11.5. The Morgan fingerprint density at radius 1 is 1.21 bits per heavy atom. The molecule has 1 saturated carbocycles. The molecule has 2 unspecified atom stereocenters. The molecule has 1 aliphatic carbocycles. The first-order valence-electron chi connectivity index (χ1n) is 11.5. The van der Waals surface area contributed by atoms with Gasteiger partial charge in [0.2, 0.25) is 17.7 Å². The highest BCUT2D eigenvalue weighted by Crippen LogP contribution is 2.27. The molecule has 1 aromatic heterocycles. The molecular weight excluding hydrogens is 426 g/mol. The van der Waals surface area contributed by atoms with Gasteiger partial charge in [0.1, 0.15) is 18.7 Å². The lowest BCUT2D eigenvalue weighted by atomic mass is 9.84. The molecule has 2 heterocycles. The molecule has 0 aromatic carbocycles. The van der Waals surface area contributed by atoms with Crippen molar-refractivity contribution >= 4 is 23.6 Å². The molecule has 1 aliphatic heterocycles. The quantitative estimate of drug-likeness (QED) is 0.575. The van der Waals surface area contributed by atoms with E-state index in [0.29, 0.717) is 17.9 Å². The van der Waals surface area contributed by atoms with E-state index < -0.39 is 23.9 Å². The standard InChI is InChI=1S/C23H33N5O5/c1-33-15-20(29)28-11-10-27(23(32)17-8-5-9-25-13-17)14-19(28)22(31)26-18(21(24)30)12-16-6-3-2-4-7-16/h5,8-9,13,16,18-19H,2-4,6-7,10-12,14-15H2,1H3,(H2,24,30)(H,26,31). The molecule has 33 heavy (non-hydrogen) atoms. The van der Waals surface area contributed by atoms with Crippen LogP contribution in [0.3, 0.4) is 0 Å². The number of methoxy groups -OCH3 is 1. The predicted octanol–water partition coefficient (Wildman–Crippen LogP) is 0.322. The van der Waals surface area contributed by atoms with Crippen LogP contribution in [0.5, 0.6) is 0 Å². The molecule has 10 nitrogen and oxygen atoms in total. The summed E-state index contributed by atoms with van der Waals surface area (Å²) in [5.41, 5.74) is 6.00. The van der Waals surface area contributed by atoms with Crippen LogP contribution in [0.2, 0.25) is 0 Å². The number of nitrogens with two attached hydrogens (primary N) is 1. The van der Waals surface area contributed by atoms with Crippen molar-refractivity contribution in [3.8, 4) is 0 Å². The van der Waals surface area contributed by atoms with Gasteiger partial charge in [-0.1, -0.05) is 32.1 Å². The number of nitrogens with one attached hydrogen (secondary N) is 1. The lowest BCUT2D eigenvalue weighted by Crippen LogP contribution is -2.63. The fourth-order valence-electron chi connectivity index (χ4n) is 4.64. The minimum atomic E-state index is -0.949. The number of rotatable bonds is 8. The van der Waals surface area contributed by atoms with Crippen LogP contribution >= 0.6 is 0 Å². The second-order valence-corrected chi connectivity index (χ2v) is 8.73. The van der Waals surface area contributed by atoms with Gasteiger partial charge in [0.15, 0.2) is 0 Å². The molecular formula is C23H33N5O5. The number of amides is 4. The zero-order valence-corrected chi connectivity index (χ0v) is 19.1. The number of ether oxygens (including phenoxy) is 1. The zero-order chi connectivity index (χ0) is 23.8. The van der Waals surface area contributed by atoms with Gasteiger partial charge < -0.3 is 25.6 Å². The van der Waals surface area contributed by atoms with E-state index in [1.54, 1.807) is 18.3 Å². The molecule has 1 aromatic rings. The van der Waals surface area contributed by atoms with Crippen LogP contribution in [-0.4, -0.2) is 83.8 Å². The van der Waals surface area contributed by atoms with Gasteiger partial charge in [0, 0.05) is 32.6 Å². The number of primary amides is 1. The minimum absolute atomic E-state index is 0.00389. The number of carbonyl (C=O) groups is 4. The van der Waals surface area contributed by atoms with Crippen LogP contribution < -0.4 is 11.1 Å². The lowest BCUT2D eigenvalue weighted by Gasteiger charge is -2.41. The smallest absolute Gasteiger partial charge is 0.255 e. The summed E-state index contributed by atoms with van der Waals surface area (Å²) in [7, 11) is 1.41. The van der Waals surface area contributed by atoms with E-state index in [1.807, 2.05) is 0 Å². The summed E-state index contributed by atoms with van der Waals surface area (Å²) >= 11 is 0. The van der Waals surface area contributed by atoms with Crippen molar-refractivity contribution in [1.29, 1.82) is 0 Å². The van der Waals surface area contributed by atoms with Gasteiger partial charge >= 0.3 is 0 Å². The third-order valence-corrected chi connectivity index (χ3v) is 6.42. The number of nitrogens with zero attached hydrogens (tertiary/aromatic N) is 3. The fraction of sp³-hybridized carbons (Fsp3) is 0.609. The highest BCUT2D eigenvalue weighted by Gasteiger charge is 2.38. The molecule has 0 spiro atoms. The number of hydrogen-bond donors (Lipinski definition) is 2. The van der Waals surface area contributed by atoms with E-state index in [4.69, 9.17) is 10.5 Å². The Balaban J connectivity index is 1.74.